The standard InChI is InChI=1S/C10H17BO3/c1-6-12-8-7-11-13-9(2,3)10(4,5)14-11/h6H2,1-5H3. The largest absolute Gasteiger partial charge is 0.554 e. The third-order valence-corrected chi connectivity index (χ3v) is 2.65. The van der Waals surface area contributed by atoms with Crippen molar-refractivity contribution >= 4 is 7.12 Å². The smallest absolute Gasteiger partial charge is 0.447 e. The fourth-order valence-electron chi connectivity index (χ4n) is 1.06. The van der Waals surface area contributed by atoms with Gasteiger partial charge in [-0.1, -0.05) is 0 Å². The molecule has 1 heterocycles. The van der Waals surface area contributed by atoms with Crippen molar-refractivity contribution in [3.05, 3.63) is 0 Å². The topological polar surface area (TPSA) is 27.7 Å². The van der Waals surface area contributed by atoms with E-state index in [-0.39, 0.29) is 11.2 Å². The highest BCUT2D eigenvalue weighted by molar-refractivity contribution is 6.55. The Morgan fingerprint density at radius 1 is 1.14 bits per heavy atom. The Morgan fingerprint density at radius 3 is 2.07 bits per heavy atom. The van der Waals surface area contributed by atoms with Crippen LogP contribution < -0.4 is 0 Å². The van der Waals surface area contributed by atoms with Crippen LogP contribution in [0.15, 0.2) is 0 Å². The molecule has 0 aromatic carbocycles. The van der Waals surface area contributed by atoms with Crippen molar-refractivity contribution in [1.29, 1.82) is 0 Å². The van der Waals surface area contributed by atoms with E-state index in [0.717, 1.165) is 0 Å². The summed E-state index contributed by atoms with van der Waals surface area (Å²) >= 11 is 0. The molecule has 78 valence electrons. The molecule has 3 nitrogen and oxygen atoms in total. The molecule has 1 aliphatic heterocycles. The molecule has 1 saturated heterocycles. The Kier molecular flexibility index (Phi) is 3.13. The van der Waals surface area contributed by atoms with Crippen LogP contribution in [0, 0.1) is 11.9 Å². The van der Waals surface area contributed by atoms with E-state index in [1.807, 2.05) is 34.6 Å². The van der Waals surface area contributed by atoms with E-state index in [1.54, 1.807) is 0 Å². The zero-order chi connectivity index (χ0) is 10.8. The molecular formula is C10H17BO3. The van der Waals surface area contributed by atoms with Gasteiger partial charge < -0.3 is 14.0 Å². The van der Waals surface area contributed by atoms with Gasteiger partial charge >= 0.3 is 7.12 Å². The van der Waals surface area contributed by atoms with E-state index in [4.69, 9.17) is 14.0 Å². The Morgan fingerprint density at radius 2 is 1.64 bits per heavy atom. The molecule has 0 spiro atoms. The van der Waals surface area contributed by atoms with Gasteiger partial charge in [0.2, 0.25) is 0 Å². The molecule has 0 bridgehead atoms. The van der Waals surface area contributed by atoms with E-state index >= 15 is 0 Å². The summed E-state index contributed by atoms with van der Waals surface area (Å²) in [4.78, 5) is 0. The van der Waals surface area contributed by atoms with E-state index < -0.39 is 7.12 Å². The van der Waals surface area contributed by atoms with Crippen LogP contribution in [0.25, 0.3) is 0 Å². The van der Waals surface area contributed by atoms with E-state index in [1.165, 1.54) is 0 Å². The minimum absolute atomic E-state index is 0.321. The van der Waals surface area contributed by atoms with Gasteiger partial charge in [0.15, 0.2) is 0 Å². The van der Waals surface area contributed by atoms with Crippen LogP contribution in [0.5, 0.6) is 0 Å². The Bertz CT molecular complexity index is 246. The predicted octanol–water partition coefficient (Wildman–Crippen LogP) is 1.62. The number of hydrogen-bond acceptors (Lipinski definition) is 3. The molecule has 1 aliphatic rings. The van der Waals surface area contributed by atoms with Gasteiger partial charge in [0, 0.05) is 0 Å². The quantitative estimate of drug-likeness (QED) is 0.471. The molecule has 0 aliphatic carbocycles. The average molecular weight is 196 g/mol. The molecule has 4 heteroatoms. The van der Waals surface area contributed by atoms with Gasteiger partial charge in [-0.05, 0) is 40.4 Å². The lowest BCUT2D eigenvalue weighted by molar-refractivity contribution is 0.00578. The van der Waals surface area contributed by atoms with Crippen LogP contribution in [0.3, 0.4) is 0 Å². The summed E-state index contributed by atoms with van der Waals surface area (Å²) in [5.41, 5.74) is -0.642. The van der Waals surface area contributed by atoms with Crippen molar-refractivity contribution in [2.45, 2.75) is 45.8 Å². The molecule has 1 fully saturated rings. The maximum Gasteiger partial charge on any atom is 0.554 e. The van der Waals surface area contributed by atoms with Crippen molar-refractivity contribution in [2.24, 2.45) is 0 Å². The summed E-state index contributed by atoms with van der Waals surface area (Å²) in [6.45, 7) is 10.4. The van der Waals surface area contributed by atoms with Gasteiger partial charge in [-0.15, -0.1) is 0 Å². The monoisotopic (exact) mass is 196 g/mol. The highest BCUT2D eigenvalue weighted by Crippen LogP contribution is 2.36. The molecular weight excluding hydrogens is 179 g/mol. The highest BCUT2D eigenvalue weighted by atomic mass is 16.7. The molecule has 1 rings (SSSR count). The van der Waals surface area contributed by atoms with Crippen LogP contribution in [0.4, 0.5) is 0 Å². The fraction of sp³-hybridized carbons (Fsp3) is 0.800. The third kappa shape index (κ3) is 2.23. The van der Waals surface area contributed by atoms with E-state index in [9.17, 15) is 0 Å². The first-order valence-corrected chi connectivity index (χ1v) is 4.87. The minimum Gasteiger partial charge on any atom is -0.447 e. The summed E-state index contributed by atoms with van der Waals surface area (Å²) in [5, 5.41) is 0. The molecule has 0 aromatic rings. The lowest BCUT2D eigenvalue weighted by atomic mass is 9.90. The van der Waals surface area contributed by atoms with E-state index in [2.05, 4.69) is 11.9 Å². The van der Waals surface area contributed by atoms with E-state index in [0.29, 0.717) is 6.61 Å². The highest BCUT2D eigenvalue weighted by Gasteiger charge is 2.50. The van der Waals surface area contributed by atoms with Gasteiger partial charge in [0.25, 0.3) is 0 Å². The number of hydrogen-bond donors (Lipinski definition) is 0. The Hall–Kier alpha value is -0.655. The number of ether oxygens (including phenoxy) is 1. The number of rotatable bonds is 1. The zero-order valence-electron chi connectivity index (χ0n) is 9.51. The molecule has 0 amide bonds. The van der Waals surface area contributed by atoms with Crippen LogP contribution in [0.2, 0.25) is 0 Å². The van der Waals surface area contributed by atoms with Gasteiger partial charge in [0.1, 0.15) is 6.11 Å². The Balaban J connectivity index is 2.61. The molecule has 0 N–H and O–H groups in total. The second kappa shape index (κ2) is 3.84. The van der Waals surface area contributed by atoms with Crippen LogP contribution >= 0.6 is 0 Å². The van der Waals surface area contributed by atoms with Crippen molar-refractivity contribution in [2.75, 3.05) is 6.61 Å². The van der Waals surface area contributed by atoms with Gasteiger partial charge in [-0.3, -0.25) is 0 Å². The fourth-order valence-corrected chi connectivity index (χ4v) is 1.06. The first kappa shape index (κ1) is 11.4. The predicted molar refractivity (Wildman–Crippen MR) is 55.5 cm³/mol. The summed E-state index contributed by atoms with van der Waals surface area (Å²) in [6, 6.07) is 0. The van der Waals surface area contributed by atoms with Crippen LogP contribution in [-0.4, -0.2) is 24.9 Å². The maximum absolute atomic E-state index is 5.63. The summed E-state index contributed by atoms with van der Waals surface area (Å²) in [5.74, 6) is 2.78. The normalized spacial score (nSPS) is 22.8. The average Bonchev–Trinajstić information content (AvgIpc) is 2.21. The van der Waals surface area contributed by atoms with Crippen LogP contribution in [0.1, 0.15) is 34.6 Å². The molecule has 0 radical (unpaired) electrons. The summed E-state index contributed by atoms with van der Waals surface area (Å²) < 4.78 is 16.2. The molecule has 0 saturated carbocycles. The molecule has 0 atom stereocenters. The Labute approximate surface area is 86.3 Å². The van der Waals surface area contributed by atoms with Crippen molar-refractivity contribution in [3.8, 4) is 11.9 Å². The first-order chi connectivity index (χ1) is 6.39. The SMILES string of the molecule is CCOC#CB1OC(C)(C)C(C)(C)O1. The lowest BCUT2D eigenvalue weighted by Gasteiger charge is -2.32. The first-order valence-electron chi connectivity index (χ1n) is 4.87. The van der Waals surface area contributed by atoms with Crippen molar-refractivity contribution in [3.63, 3.8) is 0 Å². The molecule has 0 aromatic heterocycles. The molecule has 14 heavy (non-hydrogen) atoms. The van der Waals surface area contributed by atoms with Crippen molar-refractivity contribution < 1.29 is 14.0 Å². The zero-order valence-corrected chi connectivity index (χ0v) is 9.51. The summed E-state index contributed by atoms with van der Waals surface area (Å²) in [7, 11) is -0.480. The van der Waals surface area contributed by atoms with Crippen molar-refractivity contribution in [1.82, 2.24) is 0 Å². The summed E-state index contributed by atoms with van der Waals surface area (Å²) in [6.07, 6.45) is 2.55. The third-order valence-electron chi connectivity index (χ3n) is 2.65. The van der Waals surface area contributed by atoms with Crippen LogP contribution in [-0.2, 0) is 14.0 Å². The molecule has 0 unspecified atom stereocenters. The second-order valence-electron chi connectivity index (χ2n) is 4.27. The van der Waals surface area contributed by atoms with Gasteiger partial charge in [-0.25, -0.2) is 0 Å². The maximum atomic E-state index is 5.63. The van der Waals surface area contributed by atoms with Gasteiger partial charge in [-0.2, -0.15) is 0 Å². The van der Waals surface area contributed by atoms with Gasteiger partial charge in [0.05, 0.1) is 17.8 Å². The lowest BCUT2D eigenvalue weighted by Crippen LogP contribution is -2.41. The minimum atomic E-state index is -0.480. The second-order valence-corrected chi connectivity index (χ2v) is 4.27.